The van der Waals surface area contributed by atoms with Gasteiger partial charge in [-0.25, -0.2) is 4.98 Å². The van der Waals surface area contributed by atoms with Crippen LogP contribution in [0, 0.1) is 0 Å². The Kier molecular flexibility index (Phi) is 4.50. The zero-order valence-electron chi connectivity index (χ0n) is 11.3. The van der Waals surface area contributed by atoms with Crippen molar-refractivity contribution in [2.24, 2.45) is 5.73 Å². The Balaban J connectivity index is 2.15. The summed E-state index contributed by atoms with van der Waals surface area (Å²) >= 11 is 14.1. The van der Waals surface area contributed by atoms with Crippen LogP contribution in [0.15, 0.2) is 23.7 Å². The quantitative estimate of drug-likeness (QED) is 0.651. The lowest BCUT2D eigenvalue weighted by atomic mass is 10.0. The molecule has 1 aromatic carbocycles. The van der Waals surface area contributed by atoms with Crippen molar-refractivity contribution < 1.29 is 0 Å². The predicted molar refractivity (Wildman–Crippen MR) is 91.4 cm³/mol. The zero-order chi connectivity index (χ0) is 14.8. The highest BCUT2D eigenvalue weighted by atomic mass is 35.5. The molecule has 0 aliphatic heterocycles. The minimum atomic E-state index is 0.560. The molecule has 3 nitrogen and oxygen atoms in total. The molecule has 110 valence electrons. The van der Waals surface area contributed by atoms with Crippen LogP contribution in [0.4, 0.5) is 0 Å². The first-order valence-electron chi connectivity index (χ1n) is 6.81. The number of halogens is 2. The van der Waals surface area contributed by atoms with Gasteiger partial charge in [-0.1, -0.05) is 29.3 Å². The maximum absolute atomic E-state index is 6.33. The third-order valence-corrected chi connectivity index (χ3v) is 5.09. The van der Waals surface area contributed by atoms with E-state index in [4.69, 9.17) is 28.9 Å². The van der Waals surface area contributed by atoms with Crippen molar-refractivity contribution in [2.75, 3.05) is 6.54 Å². The van der Waals surface area contributed by atoms with Gasteiger partial charge in [0.1, 0.15) is 5.01 Å². The molecule has 3 rings (SSSR count). The van der Waals surface area contributed by atoms with Crippen molar-refractivity contribution in [1.82, 2.24) is 9.97 Å². The Morgan fingerprint density at radius 1 is 1.24 bits per heavy atom. The number of nitrogens with zero attached hydrogens (tertiary/aromatic N) is 1. The van der Waals surface area contributed by atoms with E-state index < -0.39 is 0 Å². The van der Waals surface area contributed by atoms with Crippen molar-refractivity contribution in [2.45, 2.75) is 19.3 Å². The number of aromatic amines is 1. The molecule has 3 aromatic rings. The van der Waals surface area contributed by atoms with Gasteiger partial charge in [-0.2, -0.15) is 0 Å². The van der Waals surface area contributed by atoms with Crippen LogP contribution in [-0.2, 0) is 6.42 Å². The Hall–Kier alpha value is -1.07. The Bertz CT molecular complexity index is 750. The molecule has 0 bridgehead atoms. The number of nitrogens with one attached hydrogen (secondary N) is 1. The van der Waals surface area contributed by atoms with Gasteiger partial charge in [-0.05, 0) is 37.4 Å². The molecular formula is C15H15Cl2N3S. The van der Waals surface area contributed by atoms with Crippen molar-refractivity contribution in [3.63, 3.8) is 0 Å². The summed E-state index contributed by atoms with van der Waals surface area (Å²) in [4.78, 5) is 7.81. The average Bonchev–Trinajstić information content (AvgIpc) is 3.11. The molecule has 3 N–H and O–H groups in total. The number of hydrogen-bond donors (Lipinski definition) is 2. The topological polar surface area (TPSA) is 54.7 Å². The number of hydrogen-bond acceptors (Lipinski definition) is 3. The van der Waals surface area contributed by atoms with Gasteiger partial charge in [-0.3, -0.25) is 0 Å². The molecule has 6 heteroatoms. The van der Waals surface area contributed by atoms with Crippen molar-refractivity contribution >= 4 is 45.4 Å². The molecular weight excluding hydrogens is 325 g/mol. The number of fused-ring (bicyclic) bond motifs is 1. The lowest BCUT2D eigenvalue weighted by Crippen LogP contribution is -1.99. The highest BCUT2D eigenvalue weighted by molar-refractivity contribution is 7.13. The predicted octanol–water partition coefficient (Wildman–Crippen LogP) is 4.88. The fourth-order valence-electron chi connectivity index (χ4n) is 2.49. The van der Waals surface area contributed by atoms with E-state index in [1.807, 2.05) is 23.7 Å². The fourth-order valence-corrected chi connectivity index (χ4v) is 3.53. The highest BCUT2D eigenvalue weighted by Crippen LogP contribution is 2.38. The standard InChI is InChI=1S/C15H15Cl2N3S/c16-11-5-4-10-9(3-1-2-6-18)14(15-19-7-8-21-15)20-13(10)12(11)17/h4-5,7-8,20H,1-3,6,18H2. The maximum atomic E-state index is 6.33. The number of unbranched alkanes of at least 4 members (excludes halogenated alkanes) is 1. The van der Waals surface area contributed by atoms with Gasteiger partial charge < -0.3 is 10.7 Å². The van der Waals surface area contributed by atoms with E-state index in [0.717, 1.165) is 40.9 Å². The Morgan fingerprint density at radius 2 is 2.10 bits per heavy atom. The summed E-state index contributed by atoms with van der Waals surface area (Å²) in [5.74, 6) is 0. The van der Waals surface area contributed by atoms with Gasteiger partial charge in [0.15, 0.2) is 0 Å². The molecule has 21 heavy (non-hydrogen) atoms. The molecule has 0 saturated carbocycles. The molecule has 2 heterocycles. The SMILES string of the molecule is NCCCCc1c(-c2nccs2)[nH]c2c(Cl)c(Cl)ccc12. The first kappa shape index (κ1) is 14.9. The molecule has 0 atom stereocenters. The van der Waals surface area contributed by atoms with Gasteiger partial charge in [0.25, 0.3) is 0 Å². The molecule has 0 aliphatic carbocycles. The maximum Gasteiger partial charge on any atom is 0.139 e. The van der Waals surface area contributed by atoms with Crippen molar-refractivity contribution in [1.29, 1.82) is 0 Å². The van der Waals surface area contributed by atoms with Gasteiger partial charge >= 0.3 is 0 Å². The summed E-state index contributed by atoms with van der Waals surface area (Å²) in [6.45, 7) is 0.710. The number of thiazole rings is 1. The number of rotatable bonds is 5. The first-order chi connectivity index (χ1) is 10.2. The van der Waals surface area contributed by atoms with E-state index in [9.17, 15) is 0 Å². The Morgan fingerprint density at radius 3 is 2.81 bits per heavy atom. The van der Waals surface area contributed by atoms with Crippen LogP contribution < -0.4 is 5.73 Å². The second kappa shape index (κ2) is 6.36. The molecule has 0 fully saturated rings. The summed E-state index contributed by atoms with van der Waals surface area (Å²) < 4.78 is 0. The molecule has 0 radical (unpaired) electrons. The largest absolute Gasteiger partial charge is 0.351 e. The minimum Gasteiger partial charge on any atom is -0.351 e. The van der Waals surface area contributed by atoms with Crippen molar-refractivity contribution in [3.05, 3.63) is 39.3 Å². The third-order valence-electron chi connectivity index (χ3n) is 3.50. The third kappa shape index (κ3) is 2.81. The summed E-state index contributed by atoms with van der Waals surface area (Å²) in [6.07, 6.45) is 4.81. The lowest BCUT2D eigenvalue weighted by Gasteiger charge is -2.03. The zero-order valence-corrected chi connectivity index (χ0v) is 13.7. The van der Waals surface area contributed by atoms with E-state index in [-0.39, 0.29) is 0 Å². The Labute approximate surface area is 137 Å². The van der Waals surface area contributed by atoms with Crippen LogP contribution >= 0.6 is 34.5 Å². The molecule has 2 aromatic heterocycles. The molecule has 0 saturated heterocycles. The molecule has 0 unspecified atom stereocenters. The van der Waals surface area contributed by atoms with Crippen LogP contribution in [0.25, 0.3) is 21.6 Å². The van der Waals surface area contributed by atoms with Crippen molar-refractivity contribution in [3.8, 4) is 10.7 Å². The van der Waals surface area contributed by atoms with Gasteiger partial charge in [0, 0.05) is 17.0 Å². The summed E-state index contributed by atoms with van der Waals surface area (Å²) in [7, 11) is 0. The monoisotopic (exact) mass is 339 g/mol. The van der Waals surface area contributed by atoms with Crippen LogP contribution in [0.2, 0.25) is 10.0 Å². The first-order valence-corrected chi connectivity index (χ1v) is 8.44. The summed E-state index contributed by atoms with van der Waals surface area (Å²) in [6, 6.07) is 3.87. The minimum absolute atomic E-state index is 0.560. The van der Waals surface area contributed by atoms with Crippen LogP contribution in [0.5, 0.6) is 0 Å². The normalized spacial score (nSPS) is 11.4. The van der Waals surface area contributed by atoms with Gasteiger partial charge in [0.05, 0.1) is 21.3 Å². The van der Waals surface area contributed by atoms with E-state index >= 15 is 0 Å². The number of benzene rings is 1. The van der Waals surface area contributed by atoms with Gasteiger partial charge in [-0.15, -0.1) is 11.3 Å². The molecule has 0 aliphatic rings. The van der Waals surface area contributed by atoms with E-state index in [1.54, 1.807) is 11.3 Å². The highest BCUT2D eigenvalue weighted by Gasteiger charge is 2.17. The number of nitrogens with two attached hydrogens (primary N) is 1. The summed E-state index contributed by atoms with van der Waals surface area (Å²) in [5, 5.41) is 5.19. The van der Waals surface area contributed by atoms with E-state index in [1.165, 1.54) is 5.56 Å². The lowest BCUT2D eigenvalue weighted by molar-refractivity contribution is 0.748. The van der Waals surface area contributed by atoms with E-state index in [2.05, 4.69) is 9.97 Å². The van der Waals surface area contributed by atoms with Gasteiger partial charge in [0.2, 0.25) is 0 Å². The molecule has 0 amide bonds. The molecule has 0 spiro atoms. The average molecular weight is 340 g/mol. The smallest absolute Gasteiger partial charge is 0.139 e. The van der Waals surface area contributed by atoms with Crippen LogP contribution in [0.3, 0.4) is 0 Å². The second-order valence-corrected chi connectivity index (χ2v) is 6.53. The number of aromatic nitrogens is 2. The van der Waals surface area contributed by atoms with Crippen LogP contribution in [-0.4, -0.2) is 16.5 Å². The van der Waals surface area contributed by atoms with Crippen LogP contribution in [0.1, 0.15) is 18.4 Å². The van der Waals surface area contributed by atoms with E-state index in [0.29, 0.717) is 16.6 Å². The summed E-state index contributed by atoms with van der Waals surface area (Å²) in [5.41, 5.74) is 8.77. The number of H-pyrrole nitrogens is 1. The fraction of sp³-hybridized carbons (Fsp3) is 0.267. The second-order valence-electron chi connectivity index (χ2n) is 4.85. The number of aryl methyl sites for hydroxylation is 1.